The molecule has 1 fully saturated rings. The van der Waals surface area contributed by atoms with E-state index in [0.29, 0.717) is 10.7 Å². The molecule has 0 unspecified atom stereocenters. The van der Waals surface area contributed by atoms with Crippen LogP contribution in [0.5, 0.6) is 0 Å². The van der Waals surface area contributed by atoms with Crippen LogP contribution in [0.4, 0.5) is 11.4 Å². The highest BCUT2D eigenvalue weighted by atomic mass is 35.5. The van der Waals surface area contributed by atoms with Gasteiger partial charge in [0.05, 0.1) is 45.9 Å². The fourth-order valence-electron chi connectivity index (χ4n) is 5.51. The second-order valence-corrected chi connectivity index (χ2v) is 9.96. The number of methoxy groups -OCH3 is 1. The number of nitrogens with one attached hydrogen (secondary N) is 1. The van der Waals surface area contributed by atoms with Gasteiger partial charge in [0.25, 0.3) is 11.8 Å². The van der Waals surface area contributed by atoms with Crippen molar-refractivity contribution in [1.82, 2.24) is 0 Å². The van der Waals surface area contributed by atoms with E-state index in [1.165, 1.54) is 6.07 Å². The SMILES string of the molecule is COC(=O)c1c2c(c(NC3CCCCC3)c3oc4ccc(Cl)cc4c(=O)c13)C(=O)N(c1ccccc1)C2=O. The molecule has 1 aliphatic carbocycles. The molecular formula is C29H23ClN2O6. The molecule has 38 heavy (non-hydrogen) atoms. The number of halogens is 1. The van der Waals surface area contributed by atoms with Crippen LogP contribution in [0.25, 0.3) is 21.9 Å². The van der Waals surface area contributed by atoms with E-state index in [1.807, 2.05) is 0 Å². The second kappa shape index (κ2) is 9.29. The van der Waals surface area contributed by atoms with Crippen molar-refractivity contribution < 1.29 is 23.5 Å². The molecule has 0 bridgehead atoms. The highest BCUT2D eigenvalue weighted by Crippen LogP contribution is 2.42. The van der Waals surface area contributed by atoms with Crippen LogP contribution in [0.1, 0.15) is 63.2 Å². The maximum Gasteiger partial charge on any atom is 0.339 e. The summed E-state index contributed by atoms with van der Waals surface area (Å²) in [4.78, 5) is 56.0. The molecule has 2 aliphatic rings. The van der Waals surface area contributed by atoms with E-state index in [4.69, 9.17) is 20.8 Å². The number of imide groups is 1. The second-order valence-electron chi connectivity index (χ2n) is 9.53. The molecule has 1 aromatic heterocycles. The van der Waals surface area contributed by atoms with Gasteiger partial charge in [-0.2, -0.15) is 0 Å². The molecule has 0 radical (unpaired) electrons. The van der Waals surface area contributed by atoms with Crippen molar-refractivity contribution in [3.8, 4) is 0 Å². The number of anilines is 2. The minimum atomic E-state index is -0.916. The van der Waals surface area contributed by atoms with Crippen molar-refractivity contribution >= 4 is 62.7 Å². The maximum absolute atomic E-state index is 13.9. The molecule has 0 atom stereocenters. The van der Waals surface area contributed by atoms with Gasteiger partial charge in [0.2, 0.25) is 5.43 Å². The number of fused-ring (bicyclic) bond motifs is 3. The zero-order valence-electron chi connectivity index (χ0n) is 20.5. The first-order valence-corrected chi connectivity index (χ1v) is 12.8. The molecular weight excluding hydrogens is 508 g/mol. The Morgan fingerprint density at radius 2 is 1.71 bits per heavy atom. The first kappa shape index (κ1) is 24.2. The molecule has 6 rings (SSSR count). The normalized spacial score (nSPS) is 15.8. The predicted octanol–water partition coefficient (Wildman–Crippen LogP) is 5.93. The number of para-hydroxylation sites is 1. The average molecular weight is 531 g/mol. The van der Waals surface area contributed by atoms with Gasteiger partial charge in [-0.25, -0.2) is 9.69 Å². The van der Waals surface area contributed by atoms with Crippen molar-refractivity contribution in [3.63, 3.8) is 0 Å². The maximum atomic E-state index is 13.9. The third-order valence-corrected chi connectivity index (χ3v) is 7.51. The van der Waals surface area contributed by atoms with Crippen LogP contribution >= 0.6 is 11.6 Å². The topological polar surface area (TPSA) is 106 Å². The molecule has 9 heteroatoms. The number of hydrogen-bond donors (Lipinski definition) is 1. The van der Waals surface area contributed by atoms with Crippen molar-refractivity contribution in [2.75, 3.05) is 17.3 Å². The van der Waals surface area contributed by atoms with Crippen LogP contribution < -0.4 is 15.6 Å². The van der Waals surface area contributed by atoms with Crippen molar-refractivity contribution in [2.24, 2.45) is 0 Å². The molecule has 192 valence electrons. The Bertz CT molecular complexity index is 1710. The Kier molecular flexibility index (Phi) is 5.91. The summed E-state index contributed by atoms with van der Waals surface area (Å²) in [7, 11) is 1.16. The lowest BCUT2D eigenvalue weighted by Gasteiger charge is -2.25. The van der Waals surface area contributed by atoms with Crippen LogP contribution in [0.15, 0.2) is 57.7 Å². The van der Waals surface area contributed by atoms with Gasteiger partial charge in [-0.3, -0.25) is 14.4 Å². The van der Waals surface area contributed by atoms with Crippen LogP contribution in [-0.4, -0.2) is 30.9 Å². The first-order valence-electron chi connectivity index (χ1n) is 12.5. The van der Waals surface area contributed by atoms with Gasteiger partial charge >= 0.3 is 5.97 Å². The fourth-order valence-corrected chi connectivity index (χ4v) is 5.68. The fraction of sp³-hybridized carbons (Fsp3) is 0.241. The number of ether oxygens (including phenoxy) is 1. The summed E-state index contributed by atoms with van der Waals surface area (Å²) in [6.07, 6.45) is 4.83. The third-order valence-electron chi connectivity index (χ3n) is 7.27. The van der Waals surface area contributed by atoms with Crippen LogP contribution in [0.2, 0.25) is 5.02 Å². The molecule has 4 aromatic rings. The number of amides is 2. The Labute approximate surface area is 222 Å². The van der Waals surface area contributed by atoms with Gasteiger partial charge in [-0.05, 0) is 43.2 Å². The van der Waals surface area contributed by atoms with Gasteiger partial charge in [-0.15, -0.1) is 0 Å². The Balaban J connectivity index is 1.74. The summed E-state index contributed by atoms with van der Waals surface area (Å²) < 4.78 is 11.3. The van der Waals surface area contributed by atoms with Gasteiger partial charge in [0.15, 0.2) is 5.58 Å². The number of carbonyl (C=O) groups is 3. The number of hydrogen-bond acceptors (Lipinski definition) is 7. The lowest BCUT2D eigenvalue weighted by atomic mass is 9.92. The molecule has 0 spiro atoms. The summed E-state index contributed by atoms with van der Waals surface area (Å²) in [5.74, 6) is -2.24. The molecule has 3 aromatic carbocycles. The molecule has 8 nitrogen and oxygen atoms in total. The van der Waals surface area contributed by atoms with Crippen molar-refractivity contribution in [3.05, 3.63) is 80.5 Å². The van der Waals surface area contributed by atoms with Crippen molar-refractivity contribution in [2.45, 2.75) is 38.1 Å². The van der Waals surface area contributed by atoms with E-state index in [-0.39, 0.29) is 50.4 Å². The summed E-state index contributed by atoms with van der Waals surface area (Å²) in [6.45, 7) is 0. The number of benzene rings is 3. The molecule has 2 heterocycles. The lowest BCUT2D eigenvalue weighted by Crippen LogP contribution is -2.30. The number of rotatable bonds is 4. The summed E-state index contributed by atoms with van der Waals surface area (Å²) in [5, 5.41) is 3.76. The standard InChI is InChI=1S/C29H23ClN2O6/c1-37-29(36)21-20-22(28(35)32(27(20)34)17-10-6-3-7-11-17)24(31-16-8-4-2-5-9-16)26-23(21)25(33)18-14-15(30)12-13-19(18)38-26/h3,6-7,10-14,16,31H,2,4-5,8-9H2,1H3. The highest BCUT2D eigenvalue weighted by molar-refractivity contribution is 6.40. The minimum Gasteiger partial charge on any atom is -0.465 e. The Hall–Kier alpha value is -4.17. The largest absolute Gasteiger partial charge is 0.465 e. The highest BCUT2D eigenvalue weighted by Gasteiger charge is 2.45. The lowest BCUT2D eigenvalue weighted by molar-refractivity contribution is 0.0599. The predicted molar refractivity (Wildman–Crippen MR) is 144 cm³/mol. The smallest absolute Gasteiger partial charge is 0.339 e. The molecule has 1 N–H and O–H groups in total. The van der Waals surface area contributed by atoms with Gasteiger partial charge < -0.3 is 14.5 Å². The third kappa shape index (κ3) is 3.67. The van der Waals surface area contributed by atoms with Crippen molar-refractivity contribution in [1.29, 1.82) is 0 Å². The van der Waals surface area contributed by atoms with Crippen LogP contribution in [0, 0.1) is 0 Å². The van der Waals surface area contributed by atoms with E-state index >= 15 is 0 Å². The average Bonchev–Trinajstić information content (AvgIpc) is 3.19. The van der Waals surface area contributed by atoms with Gasteiger partial charge in [-0.1, -0.05) is 49.1 Å². The van der Waals surface area contributed by atoms with E-state index in [1.54, 1.807) is 42.5 Å². The zero-order valence-corrected chi connectivity index (χ0v) is 21.3. The Morgan fingerprint density at radius 3 is 2.42 bits per heavy atom. The molecule has 1 saturated carbocycles. The number of carbonyl (C=O) groups excluding carboxylic acids is 3. The van der Waals surface area contributed by atoms with E-state index < -0.39 is 23.2 Å². The zero-order chi connectivity index (χ0) is 26.6. The quantitative estimate of drug-likeness (QED) is 0.198. The van der Waals surface area contributed by atoms with E-state index in [2.05, 4.69) is 5.32 Å². The number of esters is 1. The first-order chi connectivity index (χ1) is 18.4. The van der Waals surface area contributed by atoms with E-state index in [9.17, 15) is 19.2 Å². The summed E-state index contributed by atoms with van der Waals surface area (Å²) in [5.41, 5.74) is -0.162. The molecule has 2 amide bonds. The number of nitrogens with zero attached hydrogens (tertiary/aromatic N) is 1. The van der Waals surface area contributed by atoms with Crippen LogP contribution in [0.3, 0.4) is 0 Å². The Morgan fingerprint density at radius 1 is 1.00 bits per heavy atom. The summed E-state index contributed by atoms with van der Waals surface area (Å²) >= 11 is 6.16. The summed E-state index contributed by atoms with van der Waals surface area (Å²) in [6, 6.07) is 13.1. The van der Waals surface area contributed by atoms with E-state index in [0.717, 1.165) is 44.1 Å². The van der Waals surface area contributed by atoms with Gasteiger partial charge in [0.1, 0.15) is 5.58 Å². The monoisotopic (exact) mass is 530 g/mol. The van der Waals surface area contributed by atoms with Gasteiger partial charge in [0, 0.05) is 11.1 Å². The van der Waals surface area contributed by atoms with Crippen LogP contribution in [-0.2, 0) is 4.74 Å². The molecule has 0 saturated heterocycles. The molecule has 1 aliphatic heterocycles. The minimum absolute atomic E-state index is 0.0000734.